The molecule has 0 spiro atoms. The number of likely N-dealkylation sites (tertiary alicyclic amines) is 1. The van der Waals surface area contributed by atoms with Gasteiger partial charge in [0.1, 0.15) is 0 Å². The Morgan fingerprint density at radius 1 is 1.23 bits per heavy atom. The maximum Gasteiger partial charge on any atom is 0.338 e. The molecule has 1 amide bonds. The number of esters is 1. The van der Waals surface area contributed by atoms with Crippen molar-refractivity contribution in [2.24, 2.45) is 5.92 Å². The normalized spacial score (nSPS) is 16.3. The largest absolute Gasteiger partial charge is 0.462 e. The maximum atomic E-state index is 12.0. The van der Waals surface area contributed by atoms with Crippen LogP contribution in [0.4, 0.5) is 5.69 Å². The molecule has 2 rings (SSSR count). The van der Waals surface area contributed by atoms with Gasteiger partial charge in [0, 0.05) is 5.69 Å². The molecule has 1 fully saturated rings. The van der Waals surface area contributed by atoms with Crippen molar-refractivity contribution in [3.8, 4) is 0 Å². The molecule has 0 aromatic heterocycles. The zero-order chi connectivity index (χ0) is 15.9. The number of nitrogens with zero attached hydrogens (tertiary/aromatic N) is 1. The number of carbonyl (C=O) groups excluding carboxylic acids is 2. The standard InChI is InChI=1S/C17H24N2O3/c1-3-22-17(21)14-4-6-15(7-5-14)18-16(20)12-19-10-8-13(2)9-11-19/h4-7,13H,3,8-12H2,1-2H3,(H,18,20). The van der Waals surface area contributed by atoms with Gasteiger partial charge in [-0.25, -0.2) is 4.79 Å². The van der Waals surface area contributed by atoms with Gasteiger partial charge < -0.3 is 10.1 Å². The molecule has 1 aliphatic heterocycles. The lowest BCUT2D eigenvalue weighted by atomic mass is 9.99. The summed E-state index contributed by atoms with van der Waals surface area (Å²) in [7, 11) is 0. The molecular formula is C17H24N2O3. The van der Waals surface area contributed by atoms with Gasteiger partial charge in [-0.15, -0.1) is 0 Å². The van der Waals surface area contributed by atoms with Crippen LogP contribution in [0, 0.1) is 5.92 Å². The van der Waals surface area contributed by atoms with Crippen molar-refractivity contribution in [3.63, 3.8) is 0 Å². The highest BCUT2D eigenvalue weighted by Crippen LogP contribution is 2.16. The first-order valence-electron chi connectivity index (χ1n) is 7.88. The van der Waals surface area contributed by atoms with Crippen molar-refractivity contribution in [2.45, 2.75) is 26.7 Å². The summed E-state index contributed by atoms with van der Waals surface area (Å²) in [4.78, 5) is 25.8. The molecule has 0 atom stereocenters. The van der Waals surface area contributed by atoms with Gasteiger partial charge in [-0.3, -0.25) is 9.69 Å². The van der Waals surface area contributed by atoms with Gasteiger partial charge in [-0.1, -0.05) is 6.92 Å². The summed E-state index contributed by atoms with van der Waals surface area (Å²) >= 11 is 0. The molecule has 1 aliphatic rings. The summed E-state index contributed by atoms with van der Waals surface area (Å²) in [5, 5.41) is 2.87. The summed E-state index contributed by atoms with van der Waals surface area (Å²) in [5.74, 6) is 0.399. The number of anilines is 1. The quantitative estimate of drug-likeness (QED) is 0.849. The average Bonchev–Trinajstić information content (AvgIpc) is 2.50. The van der Waals surface area contributed by atoms with E-state index < -0.39 is 0 Å². The minimum Gasteiger partial charge on any atom is -0.462 e. The summed E-state index contributed by atoms with van der Waals surface area (Å²) in [6.07, 6.45) is 2.31. The van der Waals surface area contributed by atoms with Gasteiger partial charge in [0.05, 0.1) is 18.7 Å². The SMILES string of the molecule is CCOC(=O)c1ccc(NC(=O)CN2CCC(C)CC2)cc1. The van der Waals surface area contributed by atoms with E-state index in [1.165, 1.54) is 0 Å². The van der Waals surface area contributed by atoms with Crippen LogP contribution < -0.4 is 5.32 Å². The fourth-order valence-corrected chi connectivity index (χ4v) is 2.53. The van der Waals surface area contributed by atoms with E-state index in [0.29, 0.717) is 24.4 Å². The van der Waals surface area contributed by atoms with E-state index in [1.54, 1.807) is 31.2 Å². The average molecular weight is 304 g/mol. The second-order valence-corrected chi connectivity index (χ2v) is 5.80. The van der Waals surface area contributed by atoms with E-state index in [0.717, 1.165) is 31.8 Å². The molecule has 0 unspecified atom stereocenters. The third kappa shape index (κ3) is 4.84. The third-order valence-corrected chi connectivity index (χ3v) is 3.92. The number of amides is 1. The number of carbonyl (C=O) groups is 2. The van der Waals surface area contributed by atoms with Crippen molar-refractivity contribution in [1.82, 2.24) is 4.90 Å². The lowest BCUT2D eigenvalue weighted by Gasteiger charge is -2.29. The van der Waals surface area contributed by atoms with E-state index >= 15 is 0 Å². The zero-order valence-corrected chi connectivity index (χ0v) is 13.3. The Morgan fingerprint density at radius 3 is 2.45 bits per heavy atom. The summed E-state index contributed by atoms with van der Waals surface area (Å²) in [6, 6.07) is 6.78. The van der Waals surface area contributed by atoms with Crippen LogP contribution in [0.15, 0.2) is 24.3 Å². The van der Waals surface area contributed by atoms with Crippen LogP contribution in [-0.4, -0.2) is 43.0 Å². The Kier molecular flexibility index (Phi) is 5.95. The highest BCUT2D eigenvalue weighted by Gasteiger charge is 2.18. The molecule has 1 aromatic rings. The topological polar surface area (TPSA) is 58.6 Å². The molecule has 120 valence electrons. The smallest absolute Gasteiger partial charge is 0.338 e. The Labute approximate surface area is 131 Å². The molecule has 5 nitrogen and oxygen atoms in total. The van der Waals surface area contributed by atoms with E-state index in [-0.39, 0.29) is 11.9 Å². The molecule has 22 heavy (non-hydrogen) atoms. The predicted molar refractivity (Wildman–Crippen MR) is 85.9 cm³/mol. The molecule has 0 radical (unpaired) electrons. The van der Waals surface area contributed by atoms with Crippen LogP contribution in [-0.2, 0) is 9.53 Å². The van der Waals surface area contributed by atoms with Crippen molar-refractivity contribution < 1.29 is 14.3 Å². The lowest BCUT2D eigenvalue weighted by molar-refractivity contribution is -0.117. The minimum absolute atomic E-state index is 0.0153. The molecule has 1 N–H and O–H groups in total. The van der Waals surface area contributed by atoms with Crippen molar-refractivity contribution in [1.29, 1.82) is 0 Å². The van der Waals surface area contributed by atoms with E-state index in [1.807, 2.05) is 0 Å². The first-order valence-corrected chi connectivity index (χ1v) is 7.88. The highest BCUT2D eigenvalue weighted by atomic mass is 16.5. The fraction of sp³-hybridized carbons (Fsp3) is 0.529. The number of piperidine rings is 1. The summed E-state index contributed by atoms with van der Waals surface area (Å²) < 4.78 is 4.93. The first kappa shape index (κ1) is 16.5. The minimum atomic E-state index is -0.345. The Morgan fingerprint density at radius 2 is 1.86 bits per heavy atom. The highest BCUT2D eigenvalue weighted by molar-refractivity contribution is 5.94. The maximum absolute atomic E-state index is 12.0. The molecule has 0 saturated carbocycles. The van der Waals surface area contributed by atoms with E-state index in [9.17, 15) is 9.59 Å². The Hall–Kier alpha value is -1.88. The summed E-state index contributed by atoms with van der Waals surface area (Å²) in [5.41, 5.74) is 1.19. The Balaban J connectivity index is 1.82. The molecule has 0 aliphatic carbocycles. The molecule has 1 aromatic carbocycles. The lowest BCUT2D eigenvalue weighted by Crippen LogP contribution is -2.38. The second-order valence-electron chi connectivity index (χ2n) is 5.80. The molecule has 1 saturated heterocycles. The van der Waals surface area contributed by atoms with Gasteiger partial charge in [-0.05, 0) is 63.0 Å². The number of rotatable bonds is 5. The van der Waals surface area contributed by atoms with Gasteiger partial charge in [0.25, 0.3) is 0 Å². The van der Waals surface area contributed by atoms with Crippen LogP contribution in [0.5, 0.6) is 0 Å². The molecule has 0 bridgehead atoms. The van der Waals surface area contributed by atoms with Gasteiger partial charge in [0.15, 0.2) is 0 Å². The van der Waals surface area contributed by atoms with Crippen molar-refractivity contribution in [2.75, 3.05) is 31.6 Å². The molecule has 1 heterocycles. The van der Waals surface area contributed by atoms with Crippen LogP contribution >= 0.6 is 0 Å². The van der Waals surface area contributed by atoms with Crippen molar-refractivity contribution >= 4 is 17.6 Å². The first-order chi connectivity index (χ1) is 10.6. The zero-order valence-electron chi connectivity index (χ0n) is 13.3. The monoisotopic (exact) mass is 304 g/mol. The van der Waals surface area contributed by atoms with E-state index in [4.69, 9.17) is 4.74 Å². The van der Waals surface area contributed by atoms with Crippen LogP contribution in [0.2, 0.25) is 0 Å². The number of nitrogens with one attached hydrogen (secondary N) is 1. The van der Waals surface area contributed by atoms with Crippen LogP contribution in [0.1, 0.15) is 37.0 Å². The van der Waals surface area contributed by atoms with Crippen LogP contribution in [0.3, 0.4) is 0 Å². The second kappa shape index (κ2) is 7.94. The molecule has 5 heteroatoms. The number of ether oxygens (including phenoxy) is 1. The fourth-order valence-electron chi connectivity index (χ4n) is 2.53. The van der Waals surface area contributed by atoms with Gasteiger partial charge in [-0.2, -0.15) is 0 Å². The molecular weight excluding hydrogens is 280 g/mol. The predicted octanol–water partition coefficient (Wildman–Crippen LogP) is 2.53. The van der Waals surface area contributed by atoms with Crippen molar-refractivity contribution in [3.05, 3.63) is 29.8 Å². The van der Waals surface area contributed by atoms with Crippen LogP contribution in [0.25, 0.3) is 0 Å². The third-order valence-electron chi connectivity index (χ3n) is 3.92. The number of benzene rings is 1. The van der Waals surface area contributed by atoms with Gasteiger partial charge >= 0.3 is 5.97 Å². The van der Waals surface area contributed by atoms with E-state index in [2.05, 4.69) is 17.1 Å². The number of hydrogen-bond donors (Lipinski definition) is 1. The Bertz CT molecular complexity index is 505. The number of hydrogen-bond acceptors (Lipinski definition) is 4. The summed E-state index contributed by atoms with van der Waals surface area (Å²) in [6.45, 7) is 6.77. The van der Waals surface area contributed by atoms with Gasteiger partial charge in [0.2, 0.25) is 5.91 Å².